The second kappa shape index (κ2) is 9.60. The predicted molar refractivity (Wildman–Crippen MR) is 109 cm³/mol. The third-order valence-corrected chi connectivity index (χ3v) is 5.51. The number of methoxy groups -OCH3 is 2. The number of nitrogens with one attached hydrogen (secondary N) is 1. The molecule has 158 valence electrons. The van der Waals surface area contributed by atoms with Crippen LogP contribution >= 0.6 is 0 Å². The van der Waals surface area contributed by atoms with E-state index in [1.807, 2.05) is 0 Å². The summed E-state index contributed by atoms with van der Waals surface area (Å²) < 4.78 is 49.4. The smallest absolute Gasteiger partial charge is 0.244 e. The summed E-state index contributed by atoms with van der Waals surface area (Å²) in [7, 11) is -0.734. The van der Waals surface area contributed by atoms with Gasteiger partial charge in [0.25, 0.3) is 0 Å². The Labute approximate surface area is 170 Å². The molecule has 0 spiro atoms. The van der Waals surface area contributed by atoms with E-state index in [1.165, 1.54) is 26.4 Å². The van der Waals surface area contributed by atoms with Crippen LogP contribution in [-0.2, 0) is 21.4 Å². The molecule has 0 unspecified atom stereocenters. The fraction of sp³-hybridized carbons (Fsp3) is 0.350. The maximum atomic E-state index is 13.2. The van der Waals surface area contributed by atoms with Crippen molar-refractivity contribution in [3.05, 3.63) is 53.8 Å². The maximum Gasteiger partial charge on any atom is 0.244 e. The average molecular weight is 424 g/mol. The third kappa shape index (κ3) is 5.60. The van der Waals surface area contributed by atoms with Gasteiger partial charge in [0, 0.05) is 6.54 Å². The van der Waals surface area contributed by atoms with Gasteiger partial charge in [-0.15, -0.1) is 0 Å². The van der Waals surface area contributed by atoms with Gasteiger partial charge in [0.05, 0.1) is 26.2 Å². The Morgan fingerprint density at radius 2 is 1.72 bits per heavy atom. The zero-order valence-corrected chi connectivity index (χ0v) is 17.6. The highest BCUT2D eigenvalue weighted by atomic mass is 32.2. The number of amides is 1. The van der Waals surface area contributed by atoms with Crippen molar-refractivity contribution in [2.45, 2.75) is 25.9 Å². The normalized spacial score (nSPS) is 12.2. The van der Waals surface area contributed by atoms with Gasteiger partial charge in [-0.3, -0.25) is 9.10 Å². The number of benzene rings is 2. The van der Waals surface area contributed by atoms with Crippen LogP contribution in [0.5, 0.6) is 11.5 Å². The molecule has 9 heteroatoms. The van der Waals surface area contributed by atoms with Crippen molar-refractivity contribution in [3.63, 3.8) is 0 Å². The maximum absolute atomic E-state index is 13.2. The summed E-state index contributed by atoms with van der Waals surface area (Å²) in [6.45, 7) is 1.89. The van der Waals surface area contributed by atoms with Crippen molar-refractivity contribution < 1.29 is 27.1 Å². The molecule has 0 saturated carbocycles. The molecule has 0 aliphatic carbocycles. The topological polar surface area (TPSA) is 84.9 Å². The summed E-state index contributed by atoms with van der Waals surface area (Å²) in [4.78, 5) is 12.8. The number of hydrogen-bond acceptors (Lipinski definition) is 5. The minimum absolute atomic E-state index is 0.177. The highest BCUT2D eigenvalue weighted by Gasteiger charge is 2.31. The quantitative estimate of drug-likeness (QED) is 0.669. The third-order valence-electron chi connectivity index (χ3n) is 4.33. The van der Waals surface area contributed by atoms with Gasteiger partial charge in [0.2, 0.25) is 15.9 Å². The molecule has 7 nitrogen and oxygen atoms in total. The molecule has 1 N–H and O–H groups in total. The molecule has 29 heavy (non-hydrogen) atoms. The summed E-state index contributed by atoms with van der Waals surface area (Å²) in [5.74, 6) is 0.133. The van der Waals surface area contributed by atoms with E-state index in [0.717, 1.165) is 28.3 Å². The van der Waals surface area contributed by atoms with E-state index in [2.05, 4.69) is 5.32 Å². The first-order valence-corrected chi connectivity index (χ1v) is 10.8. The average Bonchev–Trinajstić information content (AvgIpc) is 2.69. The van der Waals surface area contributed by atoms with Crippen LogP contribution < -0.4 is 19.1 Å². The van der Waals surface area contributed by atoms with E-state index < -0.39 is 27.8 Å². The fourth-order valence-electron chi connectivity index (χ4n) is 2.95. The lowest BCUT2D eigenvalue weighted by Gasteiger charge is -2.30. The number of sulfonamides is 1. The highest BCUT2D eigenvalue weighted by molar-refractivity contribution is 7.92. The second-order valence-corrected chi connectivity index (χ2v) is 8.23. The number of carbonyl (C=O) groups excluding carboxylic acids is 1. The van der Waals surface area contributed by atoms with Gasteiger partial charge < -0.3 is 14.8 Å². The second-order valence-electron chi connectivity index (χ2n) is 6.37. The number of ether oxygens (including phenoxy) is 2. The first-order valence-electron chi connectivity index (χ1n) is 8.94. The highest BCUT2D eigenvalue weighted by Crippen LogP contribution is 2.27. The summed E-state index contributed by atoms with van der Waals surface area (Å²) >= 11 is 0. The molecule has 0 saturated heterocycles. The van der Waals surface area contributed by atoms with Gasteiger partial charge in [-0.2, -0.15) is 0 Å². The first kappa shape index (κ1) is 22.5. The van der Waals surface area contributed by atoms with Crippen LogP contribution in [0.2, 0.25) is 0 Å². The van der Waals surface area contributed by atoms with E-state index in [1.54, 1.807) is 25.1 Å². The van der Waals surface area contributed by atoms with Gasteiger partial charge in [-0.1, -0.05) is 13.0 Å². The van der Waals surface area contributed by atoms with Crippen molar-refractivity contribution in [3.8, 4) is 11.5 Å². The van der Waals surface area contributed by atoms with Gasteiger partial charge in [-0.05, 0) is 48.4 Å². The molecule has 0 aliphatic rings. The van der Waals surface area contributed by atoms with Crippen LogP contribution in [0, 0.1) is 5.82 Å². The largest absolute Gasteiger partial charge is 0.493 e. The first-order chi connectivity index (χ1) is 13.7. The molecule has 1 atom stereocenters. The van der Waals surface area contributed by atoms with Crippen LogP contribution in [0.4, 0.5) is 10.1 Å². The van der Waals surface area contributed by atoms with Crippen LogP contribution in [-0.4, -0.2) is 40.8 Å². The predicted octanol–water partition coefficient (Wildman–Crippen LogP) is 2.70. The van der Waals surface area contributed by atoms with E-state index in [-0.39, 0.29) is 18.7 Å². The number of rotatable bonds is 9. The van der Waals surface area contributed by atoms with E-state index >= 15 is 0 Å². The Balaban J connectivity index is 2.22. The zero-order chi connectivity index (χ0) is 21.6. The Morgan fingerprint density at radius 1 is 1.10 bits per heavy atom. The van der Waals surface area contributed by atoms with Crippen molar-refractivity contribution in [2.24, 2.45) is 0 Å². The zero-order valence-electron chi connectivity index (χ0n) is 16.8. The van der Waals surface area contributed by atoms with E-state index in [9.17, 15) is 17.6 Å². The number of halogens is 1. The molecule has 0 radical (unpaired) electrons. The molecular formula is C20H25FN2O5S. The molecule has 2 aromatic rings. The Morgan fingerprint density at radius 3 is 2.24 bits per heavy atom. The van der Waals surface area contributed by atoms with Gasteiger partial charge in [0.15, 0.2) is 11.5 Å². The van der Waals surface area contributed by atoms with Gasteiger partial charge in [-0.25, -0.2) is 12.8 Å². The fourth-order valence-corrected chi connectivity index (χ4v) is 4.16. The van der Waals surface area contributed by atoms with Gasteiger partial charge in [0.1, 0.15) is 11.9 Å². The van der Waals surface area contributed by atoms with Crippen molar-refractivity contribution in [1.29, 1.82) is 0 Å². The molecule has 2 aromatic carbocycles. The summed E-state index contributed by atoms with van der Waals surface area (Å²) in [5, 5.41) is 2.76. The lowest BCUT2D eigenvalue weighted by molar-refractivity contribution is -0.122. The van der Waals surface area contributed by atoms with Crippen LogP contribution in [0.1, 0.15) is 18.9 Å². The lowest BCUT2D eigenvalue weighted by Crippen LogP contribution is -2.49. The molecule has 0 aliphatic heterocycles. The Hall–Kier alpha value is -2.81. The van der Waals surface area contributed by atoms with E-state index in [0.29, 0.717) is 11.5 Å². The number of nitrogens with zero attached hydrogens (tertiary/aromatic N) is 1. The van der Waals surface area contributed by atoms with Crippen molar-refractivity contribution in [2.75, 3.05) is 24.8 Å². The SMILES string of the molecule is CC[C@H](C(=O)NCc1ccc(OC)c(OC)c1)N(c1ccc(F)cc1)S(C)(=O)=O. The summed E-state index contributed by atoms with van der Waals surface area (Å²) in [5.41, 5.74) is 0.987. The standard InChI is InChI=1S/C20H25FN2O5S/c1-5-17(23(29(4,25)26)16-9-7-15(21)8-10-16)20(24)22-13-14-6-11-18(27-2)19(12-14)28-3/h6-12,17H,5,13H2,1-4H3,(H,22,24)/t17-/m1/s1. The number of anilines is 1. The van der Waals surface area contributed by atoms with Crippen molar-refractivity contribution in [1.82, 2.24) is 5.32 Å². The summed E-state index contributed by atoms with van der Waals surface area (Å²) in [6.07, 6.45) is 1.25. The minimum atomic E-state index is -3.78. The molecule has 0 heterocycles. The molecular weight excluding hydrogens is 399 g/mol. The monoisotopic (exact) mass is 424 g/mol. The number of carbonyl (C=O) groups is 1. The van der Waals surface area contributed by atoms with E-state index in [4.69, 9.17) is 9.47 Å². The molecule has 0 aromatic heterocycles. The number of hydrogen-bond donors (Lipinski definition) is 1. The van der Waals surface area contributed by atoms with Gasteiger partial charge >= 0.3 is 0 Å². The summed E-state index contributed by atoms with van der Waals surface area (Å²) in [6, 6.07) is 9.23. The molecule has 0 bridgehead atoms. The molecule has 1 amide bonds. The Kier molecular flexibility index (Phi) is 7.44. The van der Waals surface area contributed by atoms with Crippen LogP contribution in [0.25, 0.3) is 0 Å². The lowest BCUT2D eigenvalue weighted by atomic mass is 10.1. The van der Waals surface area contributed by atoms with Crippen LogP contribution in [0.3, 0.4) is 0 Å². The minimum Gasteiger partial charge on any atom is -0.493 e. The van der Waals surface area contributed by atoms with Crippen LogP contribution in [0.15, 0.2) is 42.5 Å². The molecule has 2 rings (SSSR count). The molecule has 0 fully saturated rings. The van der Waals surface area contributed by atoms with Crippen molar-refractivity contribution >= 4 is 21.6 Å². The Bertz CT molecular complexity index is 948.